The fraction of sp³-hybridized carbons (Fsp3) is 0.333. The van der Waals surface area contributed by atoms with Crippen LogP contribution in [0.1, 0.15) is 36.2 Å². The summed E-state index contributed by atoms with van der Waals surface area (Å²) in [6, 6.07) is 21.3. The van der Waals surface area contributed by atoms with Crippen LogP contribution in [0, 0.1) is 12.8 Å². The van der Waals surface area contributed by atoms with Gasteiger partial charge in [0.2, 0.25) is 0 Å². The number of hydrogen-bond donors (Lipinski definition) is 0. The monoisotopic (exact) mass is 380 g/mol. The normalized spacial score (nSPS) is 11.5. The number of aromatic nitrogens is 1. The third-order valence-corrected chi connectivity index (χ3v) is 4.90. The molecule has 1 heterocycles. The summed E-state index contributed by atoms with van der Waals surface area (Å²) < 4.78 is 2.36. The second kappa shape index (κ2) is 9.25. The van der Waals surface area contributed by atoms with Gasteiger partial charge in [-0.15, -0.1) is 0 Å². The zero-order valence-electron chi connectivity index (χ0n) is 16.5. The van der Waals surface area contributed by atoms with Gasteiger partial charge in [0.15, 0.2) is 0 Å². The Morgan fingerprint density at radius 1 is 0.926 bits per heavy atom. The van der Waals surface area contributed by atoms with Gasteiger partial charge in [-0.05, 0) is 48.2 Å². The summed E-state index contributed by atoms with van der Waals surface area (Å²) in [6.45, 7) is 10.5. The average molecular weight is 381 g/mol. The minimum absolute atomic E-state index is 0.615. The lowest BCUT2D eigenvalue weighted by Gasteiger charge is -2.25. The van der Waals surface area contributed by atoms with Crippen molar-refractivity contribution in [3.63, 3.8) is 0 Å². The summed E-state index contributed by atoms with van der Waals surface area (Å²) in [5.74, 6) is 0.615. The molecule has 27 heavy (non-hydrogen) atoms. The Morgan fingerprint density at radius 3 is 2.44 bits per heavy atom. The molecule has 0 fully saturated rings. The van der Waals surface area contributed by atoms with Gasteiger partial charge in [0.25, 0.3) is 0 Å². The Morgan fingerprint density at radius 2 is 1.70 bits per heavy atom. The lowest BCUT2D eigenvalue weighted by Crippen LogP contribution is -2.28. The number of benzene rings is 2. The van der Waals surface area contributed by atoms with E-state index in [4.69, 9.17) is 11.6 Å². The van der Waals surface area contributed by atoms with Crippen LogP contribution in [0.4, 0.5) is 0 Å². The molecule has 3 aromatic rings. The van der Waals surface area contributed by atoms with Crippen LogP contribution in [0.5, 0.6) is 0 Å². The van der Waals surface area contributed by atoms with Crippen molar-refractivity contribution in [2.75, 3.05) is 6.54 Å². The Balaban J connectivity index is 1.75. The van der Waals surface area contributed by atoms with Gasteiger partial charge < -0.3 is 4.57 Å². The quantitative estimate of drug-likeness (QED) is 0.454. The smallest absolute Gasteiger partial charge is 0.0473 e. The topological polar surface area (TPSA) is 8.17 Å². The van der Waals surface area contributed by atoms with E-state index in [-0.39, 0.29) is 0 Å². The molecular weight excluding hydrogens is 352 g/mol. The third-order valence-electron chi connectivity index (χ3n) is 4.66. The number of nitrogens with zero attached hydrogens (tertiary/aromatic N) is 2. The van der Waals surface area contributed by atoms with E-state index >= 15 is 0 Å². The van der Waals surface area contributed by atoms with Crippen LogP contribution in [0.25, 0.3) is 0 Å². The summed E-state index contributed by atoms with van der Waals surface area (Å²) in [6.07, 6.45) is 2.19. The van der Waals surface area contributed by atoms with Crippen LogP contribution in [-0.2, 0) is 19.6 Å². The maximum absolute atomic E-state index is 6.18. The van der Waals surface area contributed by atoms with Crippen LogP contribution in [-0.4, -0.2) is 16.0 Å². The molecular formula is C24H29ClN2. The van der Waals surface area contributed by atoms with Crippen molar-refractivity contribution in [2.45, 2.75) is 40.4 Å². The molecule has 3 heteroatoms. The highest BCUT2D eigenvalue weighted by Crippen LogP contribution is 2.17. The summed E-state index contributed by atoms with van der Waals surface area (Å²) in [4.78, 5) is 2.51. The summed E-state index contributed by atoms with van der Waals surface area (Å²) in [5.41, 5.74) is 5.26. The molecule has 0 aliphatic rings. The first-order chi connectivity index (χ1) is 13.0. The second-order valence-corrected chi connectivity index (χ2v) is 8.25. The molecule has 0 saturated carbocycles. The molecule has 0 amide bonds. The van der Waals surface area contributed by atoms with Crippen LogP contribution in [0.15, 0.2) is 66.9 Å². The van der Waals surface area contributed by atoms with Gasteiger partial charge in [-0.1, -0.05) is 67.4 Å². The van der Waals surface area contributed by atoms with E-state index in [0.717, 1.165) is 31.2 Å². The molecule has 0 aliphatic carbocycles. The van der Waals surface area contributed by atoms with E-state index in [1.54, 1.807) is 0 Å². The van der Waals surface area contributed by atoms with E-state index in [9.17, 15) is 0 Å². The van der Waals surface area contributed by atoms with E-state index < -0.39 is 0 Å². The van der Waals surface area contributed by atoms with Crippen molar-refractivity contribution in [1.82, 2.24) is 9.47 Å². The molecule has 0 saturated heterocycles. The number of rotatable bonds is 8. The van der Waals surface area contributed by atoms with Crippen molar-refractivity contribution < 1.29 is 0 Å². The molecule has 0 aliphatic heterocycles. The van der Waals surface area contributed by atoms with Crippen molar-refractivity contribution >= 4 is 11.6 Å². The van der Waals surface area contributed by atoms with Gasteiger partial charge in [0.05, 0.1) is 0 Å². The minimum Gasteiger partial charge on any atom is -0.346 e. The van der Waals surface area contributed by atoms with Gasteiger partial charge >= 0.3 is 0 Å². The summed E-state index contributed by atoms with van der Waals surface area (Å²) >= 11 is 6.18. The molecule has 0 bridgehead atoms. The van der Waals surface area contributed by atoms with E-state index in [1.165, 1.54) is 22.4 Å². The first-order valence-electron chi connectivity index (χ1n) is 9.66. The molecule has 0 radical (unpaired) electrons. The molecule has 0 atom stereocenters. The molecule has 2 nitrogen and oxygen atoms in total. The minimum atomic E-state index is 0.615. The molecule has 0 spiro atoms. The molecule has 0 unspecified atom stereocenters. The van der Waals surface area contributed by atoms with E-state index in [2.05, 4.69) is 85.0 Å². The van der Waals surface area contributed by atoms with Crippen molar-refractivity contribution in [3.05, 3.63) is 94.3 Å². The highest BCUT2D eigenvalue weighted by molar-refractivity contribution is 6.30. The third kappa shape index (κ3) is 5.98. The van der Waals surface area contributed by atoms with Crippen molar-refractivity contribution in [3.8, 4) is 0 Å². The fourth-order valence-corrected chi connectivity index (χ4v) is 3.79. The van der Waals surface area contributed by atoms with Gasteiger partial charge in [0.1, 0.15) is 0 Å². The predicted molar refractivity (Wildman–Crippen MR) is 115 cm³/mol. The van der Waals surface area contributed by atoms with Crippen LogP contribution < -0.4 is 0 Å². The van der Waals surface area contributed by atoms with Gasteiger partial charge in [-0.2, -0.15) is 0 Å². The Kier molecular flexibility index (Phi) is 6.76. The summed E-state index contributed by atoms with van der Waals surface area (Å²) in [7, 11) is 0. The highest BCUT2D eigenvalue weighted by Gasteiger charge is 2.12. The van der Waals surface area contributed by atoms with Crippen LogP contribution >= 0.6 is 11.6 Å². The van der Waals surface area contributed by atoms with Gasteiger partial charge in [-0.3, -0.25) is 4.90 Å². The molecule has 3 rings (SSSR count). The van der Waals surface area contributed by atoms with Crippen molar-refractivity contribution in [2.24, 2.45) is 5.92 Å². The van der Waals surface area contributed by atoms with Gasteiger partial charge in [-0.25, -0.2) is 0 Å². The summed E-state index contributed by atoms with van der Waals surface area (Å²) in [5, 5.41) is 0.805. The molecule has 2 aromatic carbocycles. The lowest BCUT2D eigenvalue weighted by molar-refractivity contribution is 0.222. The largest absolute Gasteiger partial charge is 0.346 e. The highest BCUT2D eigenvalue weighted by atomic mass is 35.5. The van der Waals surface area contributed by atoms with E-state index in [1.807, 2.05) is 12.1 Å². The maximum atomic E-state index is 6.18. The Labute approximate surface area is 168 Å². The first-order valence-corrected chi connectivity index (χ1v) is 10.0. The lowest BCUT2D eigenvalue weighted by atomic mass is 10.1. The predicted octanol–water partition coefficient (Wildman–Crippen LogP) is 6.16. The van der Waals surface area contributed by atoms with Crippen LogP contribution in [0.2, 0.25) is 5.02 Å². The molecule has 142 valence electrons. The number of hydrogen-bond acceptors (Lipinski definition) is 1. The SMILES string of the molecule is Cc1cccc(Cn2cccc2CN(Cc2cccc(Cl)c2)CC(C)C)c1. The Hall–Kier alpha value is -2.03. The number of aryl methyl sites for hydroxylation is 1. The standard InChI is InChI=1S/C24H29ClN2/c1-19(2)15-26(16-22-9-5-10-23(25)14-22)18-24-11-6-12-27(24)17-21-8-4-7-20(3)13-21/h4-14,19H,15-18H2,1-3H3. The average Bonchev–Trinajstić information content (AvgIpc) is 3.01. The van der Waals surface area contributed by atoms with Gasteiger partial charge in [0, 0.05) is 43.1 Å². The first kappa shape index (κ1) is 19.7. The number of halogens is 1. The zero-order chi connectivity index (χ0) is 19.2. The molecule has 1 aromatic heterocycles. The van der Waals surface area contributed by atoms with Crippen LogP contribution in [0.3, 0.4) is 0 Å². The zero-order valence-corrected chi connectivity index (χ0v) is 17.3. The maximum Gasteiger partial charge on any atom is 0.0473 e. The van der Waals surface area contributed by atoms with Crippen molar-refractivity contribution in [1.29, 1.82) is 0 Å². The fourth-order valence-electron chi connectivity index (χ4n) is 3.58. The van der Waals surface area contributed by atoms with E-state index in [0.29, 0.717) is 5.92 Å². The Bertz CT molecular complexity index is 866. The second-order valence-electron chi connectivity index (χ2n) is 7.81. The molecule has 0 N–H and O–H groups in total.